The fourth-order valence-corrected chi connectivity index (χ4v) is 2.97. The minimum atomic E-state index is -0.192. The standard InChI is InChI=1S/C21H26FN5.HI/c1-5-23-21(25-15(3)16-11-10-14(2)17(22)12-16)24-13-20-26-18-8-6-7-9-19(18)27(20)4;/h6-12,15H,5,13H2,1-4H3,(H2,23,24,25);1H. The third kappa shape index (κ3) is 5.01. The van der Waals surface area contributed by atoms with Gasteiger partial charge in [0.1, 0.15) is 18.2 Å². The second-order valence-corrected chi connectivity index (χ2v) is 6.65. The van der Waals surface area contributed by atoms with Gasteiger partial charge < -0.3 is 15.2 Å². The minimum Gasteiger partial charge on any atom is -0.357 e. The Bertz CT molecular complexity index is 967. The molecule has 1 atom stereocenters. The molecule has 0 aliphatic heterocycles. The largest absolute Gasteiger partial charge is 0.357 e. The highest BCUT2D eigenvalue weighted by Gasteiger charge is 2.11. The van der Waals surface area contributed by atoms with E-state index in [9.17, 15) is 4.39 Å². The number of aromatic nitrogens is 2. The Kier molecular flexibility index (Phi) is 7.79. The van der Waals surface area contributed by atoms with Crippen LogP contribution < -0.4 is 10.6 Å². The number of hydrogen-bond acceptors (Lipinski definition) is 2. The monoisotopic (exact) mass is 495 g/mol. The lowest BCUT2D eigenvalue weighted by molar-refractivity contribution is 0.607. The van der Waals surface area contributed by atoms with Gasteiger partial charge in [0.25, 0.3) is 0 Å². The first kappa shape index (κ1) is 22.1. The molecule has 7 heteroatoms. The van der Waals surface area contributed by atoms with Crippen LogP contribution in [0.2, 0.25) is 0 Å². The molecule has 5 nitrogen and oxygen atoms in total. The summed E-state index contributed by atoms with van der Waals surface area (Å²) in [6.07, 6.45) is 0. The number of hydrogen-bond donors (Lipinski definition) is 2. The summed E-state index contributed by atoms with van der Waals surface area (Å²) in [5.74, 6) is 1.38. The Morgan fingerprint density at radius 1 is 1.25 bits per heavy atom. The van der Waals surface area contributed by atoms with Gasteiger partial charge in [0.2, 0.25) is 0 Å². The van der Waals surface area contributed by atoms with E-state index in [1.54, 1.807) is 19.1 Å². The lowest BCUT2D eigenvalue weighted by atomic mass is 10.1. The van der Waals surface area contributed by atoms with Gasteiger partial charge in [-0.25, -0.2) is 14.4 Å². The van der Waals surface area contributed by atoms with Crippen molar-refractivity contribution in [3.63, 3.8) is 0 Å². The molecule has 3 aromatic rings. The van der Waals surface area contributed by atoms with Crippen LogP contribution in [-0.2, 0) is 13.6 Å². The van der Waals surface area contributed by atoms with Gasteiger partial charge in [-0.3, -0.25) is 0 Å². The van der Waals surface area contributed by atoms with Crippen LogP contribution in [0.5, 0.6) is 0 Å². The highest BCUT2D eigenvalue weighted by molar-refractivity contribution is 14.0. The molecule has 0 bridgehead atoms. The maximum absolute atomic E-state index is 13.9. The van der Waals surface area contributed by atoms with Crippen LogP contribution in [0, 0.1) is 12.7 Å². The molecule has 0 spiro atoms. The molecule has 3 rings (SSSR count). The molecule has 0 aliphatic rings. The molecule has 0 saturated heterocycles. The van der Waals surface area contributed by atoms with Crippen LogP contribution in [0.4, 0.5) is 4.39 Å². The van der Waals surface area contributed by atoms with Crippen LogP contribution in [0.1, 0.15) is 36.8 Å². The Labute approximate surface area is 182 Å². The number of nitrogens with one attached hydrogen (secondary N) is 2. The molecule has 1 heterocycles. The van der Waals surface area contributed by atoms with Crippen LogP contribution in [0.3, 0.4) is 0 Å². The molecule has 1 unspecified atom stereocenters. The lowest BCUT2D eigenvalue weighted by Crippen LogP contribution is -2.38. The first-order valence-corrected chi connectivity index (χ1v) is 9.20. The molecule has 0 radical (unpaired) electrons. The molecule has 0 saturated carbocycles. The molecular weight excluding hydrogens is 468 g/mol. The molecule has 150 valence electrons. The molecule has 2 N–H and O–H groups in total. The van der Waals surface area contributed by atoms with Crippen LogP contribution in [0.25, 0.3) is 11.0 Å². The number of benzene rings is 2. The number of guanidine groups is 1. The fraction of sp³-hybridized carbons (Fsp3) is 0.333. The Balaban J connectivity index is 0.00000280. The van der Waals surface area contributed by atoms with E-state index in [1.807, 2.05) is 51.2 Å². The van der Waals surface area contributed by atoms with Crippen molar-refractivity contribution < 1.29 is 4.39 Å². The van der Waals surface area contributed by atoms with Crippen LogP contribution >= 0.6 is 24.0 Å². The second kappa shape index (κ2) is 9.86. The van der Waals surface area contributed by atoms with Crippen molar-refractivity contribution in [3.8, 4) is 0 Å². The Hall–Kier alpha value is -2.16. The van der Waals surface area contributed by atoms with E-state index in [4.69, 9.17) is 0 Å². The molecule has 0 aliphatic carbocycles. The summed E-state index contributed by atoms with van der Waals surface area (Å²) in [7, 11) is 2.00. The zero-order chi connectivity index (χ0) is 19.4. The highest BCUT2D eigenvalue weighted by Crippen LogP contribution is 2.17. The number of fused-ring (bicyclic) bond motifs is 1. The average Bonchev–Trinajstić information content (AvgIpc) is 2.98. The summed E-state index contributed by atoms with van der Waals surface area (Å²) < 4.78 is 15.9. The number of rotatable bonds is 5. The van der Waals surface area contributed by atoms with E-state index in [0.29, 0.717) is 18.1 Å². The summed E-state index contributed by atoms with van der Waals surface area (Å²) in [5, 5.41) is 6.58. The minimum absolute atomic E-state index is 0. The second-order valence-electron chi connectivity index (χ2n) is 6.65. The fourth-order valence-electron chi connectivity index (χ4n) is 2.97. The van der Waals surface area contributed by atoms with Gasteiger partial charge in [0.05, 0.1) is 17.1 Å². The molecule has 0 fully saturated rings. The SMILES string of the molecule is CCNC(=NCc1nc2ccccc2n1C)NC(C)c1ccc(C)c(F)c1.I. The van der Waals surface area contributed by atoms with E-state index >= 15 is 0 Å². The van der Waals surface area contributed by atoms with Gasteiger partial charge in [-0.05, 0) is 50.1 Å². The van der Waals surface area contributed by atoms with E-state index in [2.05, 4.69) is 25.2 Å². The van der Waals surface area contributed by atoms with Gasteiger partial charge in [0, 0.05) is 13.6 Å². The van der Waals surface area contributed by atoms with Crippen molar-refractivity contribution in [3.05, 3.63) is 65.2 Å². The van der Waals surface area contributed by atoms with Gasteiger partial charge >= 0.3 is 0 Å². The molecule has 28 heavy (non-hydrogen) atoms. The van der Waals surface area contributed by atoms with E-state index < -0.39 is 0 Å². The third-order valence-electron chi connectivity index (χ3n) is 4.65. The smallest absolute Gasteiger partial charge is 0.192 e. The van der Waals surface area contributed by atoms with Crippen LogP contribution in [0.15, 0.2) is 47.5 Å². The first-order chi connectivity index (χ1) is 13.0. The summed E-state index contributed by atoms with van der Waals surface area (Å²) in [5.41, 5.74) is 3.58. The van der Waals surface area contributed by atoms with Crippen molar-refractivity contribution in [2.75, 3.05) is 6.54 Å². The van der Waals surface area contributed by atoms with Gasteiger partial charge in [-0.15, -0.1) is 24.0 Å². The summed E-state index contributed by atoms with van der Waals surface area (Å²) in [6, 6.07) is 13.3. The number of para-hydroxylation sites is 2. The lowest BCUT2D eigenvalue weighted by Gasteiger charge is -2.18. The predicted octanol–water partition coefficient (Wildman–Crippen LogP) is 4.46. The Morgan fingerprint density at radius 2 is 2.00 bits per heavy atom. The number of aliphatic imine (C=N–C) groups is 1. The van der Waals surface area contributed by atoms with Crippen molar-refractivity contribution in [1.82, 2.24) is 20.2 Å². The van der Waals surface area contributed by atoms with Crippen molar-refractivity contribution in [2.24, 2.45) is 12.0 Å². The van der Waals surface area contributed by atoms with E-state index in [0.717, 1.165) is 29.0 Å². The summed E-state index contributed by atoms with van der Waals surface area (Å²) >= 11 is 0. The quantitative estimate of drug-likeness (QED) is 0.313. The van der Waals surface area contributed by atoms with E-state index in [1.165, 1.54) is 0 Å². The van der Waals surface area contributed by atoms with Crippen molar-refractivity contribution in [2.45, 2.75) is 33.4 Å². The molecule has 0 amide bonds. The maximum atomic E-state index is 13.9. The summed E-state index contributed by atoms with van der Waals surface area (Å²) in [4.78, 5) is 9.32. The highest BCUT2D eigenvalue weighted by atomic mass is 127. The topological polar surface area (TPSA) is 54.2 Å². The van der Waals surface area contributed by atoms with Gasteiger partial charge in [0.15, 0.2) is 5.96 Å². The van der Waals surface area contributed by atoms with E-state index in [-0.39, 0.29) is 35.8 Å². The number of halogens is 2. The zero-order valence-corrected chi connectivity index (χ0v) is 19.0. The third-order valence-corrected chi connectivity index (χ3v) is 4.65. The van der Waals surface area contributed by atoms with Crippen molar-refractivity contribution in [1.29, 1.82) is 0 Å². The normalized spacial score (nSPS) is 12.5. The first-order valence-electron chi connectivity index (χ1n) is 9.20. The molecular formula is C21H27FIN5. The number of nitrogens with zero attached hydrogens (tertiary/aromatic N) is 3. The zero-order valence-electron chi connectivity index (χ0n) is 16.7. The van der Waals surface area contributed by atoms with Crippen molar-refractivity contribution >= 4 is 41.0 Å². The van der Waals surface area contributed by atoms with Crippen LogP contribution in [-0.4, -0.2) is 22.1 Å². The maximum Gasteiger partial charge on any atom is 0.192 e. The average molecular weight is 495 g/mol. The predicted molar refractivity (Wildman–Crippen MR) is 124 cm³/mol. The Morgan fingerprint density at radius 3 is 2.68 bits per heavy atom. The number of imidazole rings is 1. The molecule has 1 aromatic heterocycles. The summed E-state index contributed by atoms with van der Waals surface area (Å²) in [6.45, 7) is 6.97. The van der Waals surface area contributed by atoms with Gasteiger partial charge in [-0.1, -0.05) is 24.3 Å². The van der Waals surface area contributed by atoms with Gasteiger partial charge in [-0.2, -0.15) is 0 Å². The number of aryl methyl sites for hydroxylation is 2. The molecule has 2 aromatic carbocycles.